The van der Waals surface area contributed by atoms with E-state index in [1.165, 1.54) is 14.1 Å². The maximum atomic E-state index is 12.8. The summed E-state index contributed by atoms with van der Waals surface area (Å²) in [6.07, 6.45) is 2.18. The van der Waals surface area contributed by atoms with Crippen molar-refractivity contribution in [3.8, 4) is 0 Å². The fourth-order valence-electron chi connectivity index (χ4n) is 4.61. The summed E-state index contributed by atoms with van der Waals surface area (Å²) in [7, 11) is 2.97. The maximum absolute atomic E-state index is 12.8. The number of carbonyl (C=O) groups is 2. The number of piperazine rings is 1. The third-order valence-electron chi connectivity index (χ3n) is 6.01. The van der Waals surface area contributed by atoms with Gasteiger partial charge in [0.25, 0.3) is 0 Å². The Morgan fingerprint density at radius 2 is 1.15 bits per heavy atom. The van der Waals surface area contributed by atoms with Crippen LogP contribution >= 0.6 is 23.2 Å². The molecule has 3 rings (SSSR count). The lowest BCUT2D eigenvalue weighted by Gasteiger charge is -2.54. The number of nitrogens with zero attached hydrogens (tertiary/aromatic N) is 2. The van der Waals surface area contributed by atoms with Crippen LogP contribution in [0.1, 0.15) is 25.7 Å². The van der Waals surface area contributed by atoms with E-state index < -0.39 is 45.3 Å². The molecule has 0 aromatic rings. The van der Waals surface area contributed by atoms with Crippen LogP contribution < -0.4 is 10.6 Å². The zero-order chi connectivity index (χ0) is 19.3. The summed E-state index contributed by atoms with van der Waals surface area (Å²) in [5.74, 6) is -0.804. The van der Waals surface area contributed by atoms with Crippen LogP contribution in [0.25, 0.3) is 0 Å². The highest BCUT2D eigenvalue weighted by Gasteiger charge is 2.50. The van der Waals surface area contributed by atoms with Gasteiger partial charge in [-0.25, -0.2) is 0 Å². The van der Waals surface area contributed by atoms with E-state index in [4.69, 9.17) is 23.2 Å². The van der Waals surface area contributed by atoms with E-state index >= 15 is 0 Å². The number of alkyl halides is 2. The lowest BCUT2D eigenvalue weighted by atomic mass is 9.89. The summed E-state index contributed by atoms with van der Waals surface area (Å²) in [5.41, 5.74) is 0. The summed E-state index contributed by atoms with van der Waals surface area (Å²) < 4.78 is -1.33. The number of hydrogen-bond donors (Lipinski definition) is 2. The van der Waals surface area contributed by atoms with E-state index in [9.17, 15) is 20.0 Å². The van der Waals surface area contributed by atoms with E-state index in [1.54, 1.807) is 0 Å². The normalized spacial score (nSPS) is 50.1. The molecule has 0 bridgehead atoms. The van der Waals surface area contributed by atoms with Crippen molar-refractivity contribution < 1.29 is 18.9 Å². The van der Waals surface area contributed by atoms with Crippen molar-refractivity contribution in [2.75, 3.05) is 27.2 Å². The number of amides is 2. The van der Waals surface area contributed by atoms with Crippen molar-refractivity contribution in [1.29, 1.82) is 0 Å². The Labute approximate surface area is 163 Å². The van der Waals surface area contributed by atoms with Gasteiger partial charge in [0.05, 0.1) is 37.9 Å². The monoisotopic (exact) mass is 408 g/mol. The zero-order valence-corrected chi connectivity index (χ0v) is 16.5. The molecule has 0 radical (unpaired) electrons. The summed E-state index contributed by atoms with van der Waals surface area (Å²) in [6, 6.07) is -2.97. The van der Waals surface area contributed by atoms with Gasteiger partial charge in [0, 0.05) is 12.8 Å². The highest BCUT2D eigenvalue weighted by atomic mass is 35.5. The van der Waals surface area contributed by atoms with Gasteiger partial charge in [-0.05, 0) is 12.8 Å². The molecule has 8 unspecified atom stereocenters. The molecule has 0 saturated carbocycles. The second kappa shape index (κ2) is 7.07. The van der Waals surface area contributed by atoms with E-state index in [0.717, 1.165) is 0 Å². The van der Waals surface area contributed by atoms with Crippen molar-refractivity contribution >= 4 is 35.0 Å². The Hall–Kier alpha value is -0.640. The molecule has 3 aliphatic rings. The van der Waals surface area contributed by atoms with Gasteiger partial charge in [0.15, 0.2) is 12.1 Å². The molecule has 26 heavy (non-hydrogen) atoms. The minimum Gasteiger partial charge on any atom is -0.633 e. The average molecular weight is 409 g/mol. The van der Waals surface area contributed by atoms with Crippen LogP contribution in [-0.4, -0.2) is 83.2 Å². The van der Waals surface area contributed by atoms with Gasteiger partial charge in [-0.2, -0.15) is 0 Å². The number of piperidine rings is 2. The van der Waals surface area contributed by atoms with Crippen molar-refractivity contribution in [1.82, 2.24) is 10.6 Å². The topological polar surface area (TPSA) is 104 Å². The van der Waals surface area contributed by atoms with Gasteiger partial charge in [-0.3, -0.25) is 9.59 Å². The van der Waals surface area contributed by atoms with Crippen LogP contribution in [0.5, 0.6) is 0 Å². The Balaban J connectivity index is 1.74. The first-order chi connectivity index (χ1) is 12.0. The van der Waals surface area contributed by atoms with Crippen LogP contribution in [0.3, 0.4) is 0 Å². The predicted molar refractivity (Wildman–Crippen MR) is 98.0 cm³/mol. The molecular formula is C16H26Cl2N4O4. The summed E-state index contributed by atoms with van der Waals surface area (Å²) in [4.78, 5) is 25.4. The third-order valence-corrected chi connectivity index (χ3v) is 6.72. The van der Waals surface area contributed by atoms with Crippen LogP contribution in [0.2, 0.25) is 0 Å². The number of halogens is 2. The van der Waals surface area contributed by atoms with Crippen molar-refractivity contribution in [2.45, 2.75) is 60.6 Å². The van der Waals surface area contributed by atoms with E-state index in [1.807, 2.05) is 0 Å². The van der Waals surface area contributed by atoms with Gasteiger partial charge in [-0.15, -0.1) is 23.2 Å². The molecule has 10 heteroatoms. The van der Waals surface area contributed by atoms with E-state index in [2.05, 4.69) is 10.6 Å². The molecule has 3 saturated heterocycles. The third kappa shape index (κ3) is 3.81. The summed E-state index contributed by atoms with van der Waals surface area (Å²) in [6.45, 7) is 0.398. The fourth-order valence-corrected chi connectivity index (χ4v) is 5.41. The summed E-state index contributed by atoms with van der Waals surface area (Å²) in [5, 5.41) is 30.5. The Bertz CT molecular complexity index is 539. The second-order valence-electron chi connectivity index (χ2n) is 8.17. The van der Waals surface area contributed by atoms with Gasteiger partial charge >= 0.3 is 0 Å². The van der Waals surface area contributed by atoms with Crippen LogP contribution in [0.4, 0.5) is 0 Å². The smallest absolute Gasteiger partial charge is 0.249 e. The number of rotatable bonds is 2. The van der Waals surface area contributed by atoms with Gasteiger partial charge < -0.3 is 30.3 Å². The van der Waals surface area contributed by atoms with Gasteiger partial charge in [0.2, 0.25) is 11.8 Å². The molecule has 0 aromatic heterocycles. The number of quaternary nitrogens is 2. The Morgan fingerprint density at radius 3 is 1.46 bits per heavy atom. The molecule has 2 amide bonds. The maximum Gasteiger partial charge on any atom is 0.249 e. The van der Waals surface area contributed by atoms with Crippen molar-refractivity contribution in [3.63, 3.8) is 0 Å². The molecular weight excluding hydrogens is 383 g/mol. The van der Waals surface area contributed by atoms with E-state index in [-0.39, 0.29) is 23.8 Å². The molecule has 3 fully saturated rings. The zero-order valence-electron chi connectivity index (χ0n) is 15.0. The number of nitrogens with one attached hydrogen (secondary N) is 2. The molecule has 8 nitrogen and oxygen atoms in total. The van der Waals surface area contributed by atoms with Crippen LogP contribution in [0, 0.1) is 10.4 Å². The first kappa shape index (κ1) is 20.1. The number of likely N-dealkylation sites (N-methyl/N-ethyl adjacent to an activating group) is 2. The van der Waals surface area contributed by atoms with Crippen LogP contribution in [0.15, 0.2) is 0 Å². The Kier molecular flexibility index (Phi) is 5.47. The van der Waals surface area contributed by atoms with E-state index in [0.29, 0.717) is 25.7 Å². The highest BCUT2D eigenvalue weighted by Crippen LogP contribution is 2.31. The molecule has 8 atom stereocenters. The highest BCUT2D eigenvalue weighted by molar-refractivity contribution is 6.21. The summed E-state index contributed by atoms with van der Waals surface area (Å²) >= 11 is 12.2. The quantitative estimate of drug-likeness (QED) is 0.391. The standard InChI is InChI=1S/C16H26Cl2N4O4/c1-21(25)7-9(17)3-5-11(21)13-15(23)20-14(16(24)19-13)12-6-4-10(18)8-22(12,2)26/h9-14H,3-8H2,1-2H3,(H,19,24)(H,20,23). The lowest BCUT2D eigenvalue weighted by molar-refractivity contribution is -0.892. The Morgan fingerprint density at radius 1 is 0.808 bits per heavy atom. The molecule has 2 N–H and O–H groups in total. The second-order valence-corrected chi connectivity index (χ2v) is 9.40. The van der Waals surface area contributed by atoms with Crippen LogP contribution in [-0.2, 0) is 9.59 Å². The molecule has 148 valence electrons. The molecule has 0 spiro atoms. The number of carbonyl (C=O) groups excluding carboxylic acids is 2. The van der Waals surface area contributed by atoms with Gasteiger partial charge in [-0.1, -0.05) is 0 Å². The molecule has 3 aliphatic heterocycles. The number of hydroxylamine groups is 6. The lowest BCUT2D eigenvalue weighted by Crippen LogP contribution is -2.75. The fraction of sp³-hybridized carbons (Fsp3) is 0.875. The van der Waals surface area contributed by atoms with Gasteiger partial charge in [0.1, 0.15) is 12.1 Å². The van der Waals surface area contributed by atoms with Crippen molar-refractivity contribution in [3.05, 3.63) is 10.4 Å². The molecule has 0 aromatic carbocycles. The molecule has 0 aliphatic carbocycles. The first-order valence-corrected chi connectivity index (χ1v) is 9.90. The van der Waals surface area contributed by atoms with Crippen molar-refractivity contribution in [2.24, 2.45) is 0 Å². The number of likely N-dealkylation sites (tertiary alicyclic amines) is 2. The first-order valence-electron chi connectivity index (χ1n) is 9.02. The largest absolute Gasteiger partial charge is 0.633 e. The number of hydrogen-bond acceptors (Lipinski definition) is 4. The predicted octanol–water partition coefficient (Wildman–Crippen LogP) is 0.398. The minimum atomic E-state index is -0.903. The minimum absolute atomic E-state index is 0.199. The molecule has 3 heterocycles. The SMILES string of the molecule is C[N+]1([O-])CC(Cl)CCC1C1NC(=O)C(C2CCC(Cl)C[N+]2(C)[O-])NC1=O. The average Bonchev–Trinajstić information content (AvgIpc) is 2.48.